The first-order chi connectivity index (χ1) is 13.8. The van der Waals surface area contributed by atoms with E-state index in [1.54, 1.807) is 7.11 Å². The molecule has 4 rings (SSSR count). The van der Waals surface area contributed by atoms with Gasteiger partial charge >= 0.3 is 0 Å². The normalized spacial score (nSPS) is 27.1. The first kappa shape index (κ1) is 19.8. The molecule has 0 radical (unpaired) electrons. The number of fused-ring (bicyclic) bond motifs is 1. The van der Waals surface area contributed by atoms with Gasteiger partial charge in [0.2, 0.25) is 0 Å². The molecule has 0 aliphatic carbocycles. The third-order valence-corrected chi connectivity index (χ3v) is 10.3. The number of hydrogen-bond acceptors (Lipinski definition) is 4. The molecule has 2 fully saturated rings. The van der Waals surface area contributed by atoms with Crippen molar-refractivity contribution in [3.05, 3.63) is 60.7 Å². The molecule has 4 atom stereocenters. The molecule has 2 aromatic rings. The largest absolute Gasteiger partial charge is 0.400 e. The summed E-state index contributed by atoms with van der Waals surface area (Å²) < 4.78 is 24.8. The Bertz CT molecular complexity index is 699. The fourth-order valence-electron chi connectivity index (χ4n) is 4.48. The molecule has 0 spiro atoms. The van der Waals surface area contributed by atoms with Gasteiger partial charge in [0.25, 0.3) is 8.32 Å². The highest BCUT2D eigenvalue weighted by Crippen LogP contribution is 2.32. The molecule has 2 aliphatic rings. The van der Waals surface area contributed by atoms with E-state index in [1.165, 1.54) is 10.4 Å². The van der Waals surface area contributed by atoms with Crippen LogP contribution in [-0.4, -0.2) is 53.1 Å². The van der Waals surface area contributed by atoms with Gasteiger partial charge in [-0.2, -0.15) is 0 Å². The van der Waals surface area contributed by atoms with Crippen LogP contribution in [0.5, 0.6) is 0 Å². The van der Waals surface area contributed by atoms with Crippen LogP contribution in [0.1, 0.15) is 19.8 Å². The highest BCUT2D eigenvalue weighted by atomic mass is 28.4. The fraction of sp³-hybridized carbons (Fsp3) is 0.478. The van der Waals surface area contributed by atoms with Gasteiger partial charge in [-0.3, -0.25) is 0 Å². The average molecular weight is 399 g/mol. The molecule has 2 aliphatic heterocycles. The summed E-state index contributed by atoms with van der Waals surface area (Å²) in [5.41, 5.74) is 0. The molecule has 0 bridgehead atoms. The summed E-state index contributed by atoms with van der Waals surface area (Å²) >= 11 is 0. The van der Waals surface area contributed by atoms with Gasteiger partial charge in [0.1, 0.15) is 18.3 Å². The van der Waals surface area contributed by atoms with Crippen LogP contribution in [0.25, 0.3) is 0 Å². The van der Waals surface area contributed by atoms with Crippen molar-refractivity contribution in [2.45, 2.75) is 50.2 Å². The van der Waals surface area contributed by atoms with Crippen LogP contribution in [-0.2, 0) is 18.6 Å². The van der Waals surface area contributed by atoms with Crippen molar-refractivity contribution in [1.82, 2.24) is 0 Å². The Hall–Kier alpha value is -1.50. The lowest BCUT2D eigenvalue weighted by atomic mass is 10.1. The molecule has 2 saturated heterocycles. The Balaban J connectivity index is 1.71. The summed E-state index contributed by atoms with van der Waals surface area (Å²) in [6.45, 7) is 3.38. The lowest BCUT2D eigenvalue weighted by Crippen LogP contribution is -2.63. The minimum atomic E-state index is -2.43. The summed E-state index contributed by atoms with van der Waals surface area (Å²) in [5, 5.41) is 2.64. The van der Waals surface area contributed by atoms with Gasteiger partial charge in [-0.05, 0) is 16.4 Å². The fourth-order valence-corrected chi connectivity index (χ4v) is 8.81. The number of benzene rings is 2. The van der Waals surface area contributed by atoms with Crippen LogP contribution in [0.3, 0.4) is 0 Å². The molecule has 150 valence electrons. The molecular weight excluding hydrogens is 368 g/mol. The Morgan fingerprint density at radius 3 is 1.93 bits per heavy atom. The van der Waals surface area contributed by atoms with Crippen LogP contribution < -0.4 is 10.4 Å². The SMILES string of the molecule is CCCC[Si](O[C@@H]1CO[C@H]2[C@@H]1OC[C@H]2OC)(c1ccccc1)c1ccccc1. The summed E-state index contributed by atoms with van der Waals surface area (Å²) in [6.07, 6.45) is 2.14. The maximum Gasteiger partial charge on any atom is 0.256 e. The van der Waals surface area contributed by atoms with E-state index in [-0.39, 0.29) is 24.4 Å². The molecule has 0 saturated carbocycles. The molecule has 28 heavy (non-hydrogen) atoms. The number of methoxy groups -OCH3 is 1. The van der Waals surface area contributed by atoms with Crippen molar-refractivity contribution in [3.63, 3.8) is 0 Å². The molecular formula is C23H30O4Si. The predicted molar refractivity (Wildman–Crippen MR) is 113 cm³/mol. The van der Waals surface area contributed by atoms with Crippen LogP contribution in [0.4, 0.5) is 0 Å². The van der Waals surface area contributed by atoms with Gasteiger partial charge < -0.3 is 18.6 Å². The first-order valence-corrected chi connectivity index (χ1v) is 12.4. The zero-order valence-electron chi connectivity index (χ0n) is 16.8. The van der Waals surface area contributed by atoms with E-state index in [0.717, 1.165) is 18.9 Å². The van der Waals surface area contributed by atoms with E-state index >= 15 is 0 Å². The third kappa shape index (κ3) is 3.70. The second-order valence-electron chi connectivity index (χ2n) is 7.69. The smallest absolute Gasteiger partial charge is 0.256 e. The molecule has 0 amide bonds. The van der Waals surface area contributed by atoms with Crippen molar-refractivity contribution in [2.24, 2.45) is 0 Å². The number of rotatable bonds is 8. The Morgan fingerprint density at radius 2 is 1.39 bits per heavy atom. The topological polar surface area (TPSA) is 36.9 Å². The van der Waals surface area contributed by atoms with E-state index in [4.69, 9.17) is 18.6 Å². The van der Waals surface area contributed by atoms with Crippen LogP contribution in [0, 0.1) is 0 Å². The Morgan fingerprint density at radius 1 is 0.857 bits per heavy atom. The van der Waals surface area contributed by atoms with E-state index in [9.17, 15) is 0 Å². The van der Waals surface area contributed by atoms with Crippen molar-refractivity contribution in [1.29, 1.82) is 0 Å². The number of hydrogen-bond donors (Lipinski definition) is 0. The summed E-state index contributed by atoms with van der Waals surface area (Å²) in [5.74, 6) is 0. The second kappa shape index (κ2) is 8.89. The molecule has 2 aromatic carbocycles. The van der Waals surface area contributed by atoms with E-state index < -0.39 is 8.32 Å². The Kier molecular flexibility index (Phi) is 6.28. The minimum absolute atomic E-state index is 0.00115. The van der Waals surface area contributed by atoms with Crippen molar-refractivity contribution < 1.29 is 18.6 Å². The summed E-state index contributed by atoms with van der Waals surface area (Å²) in [7, 11) is -0.702. The maximum absolute atomic E-state index is 7.11. The van der Waals surface area contributed by atoms with Crippen LogP contribution in [0.2, 0.25) is 6.04 Å². The molecule has 0 N–H and O–H groups in total. The summed E-state index contributed by atoms with van der Waals surface area (Å²) in [4.78, 5) is 0. The van der Waals surface area contributed by atoms with E-state index in [1.807, 2.05) is 0 Å². The highest BCUT2D eigenvalue weighted by molar-refractivity contribution is 6.97. The average Bonchev–Trinajstić information content (AvgIpc) is 3.35. The number of ether oxygens (including phenoxy) is 3. The second-order valence-corrected chi connectivity index (χ2v) is 11.2. The van der Waals surface area contributed by atoms with Crippen LogP contribution >= 0.6 is 0 Å². The lowest BCUT2D eigenvalue weighted by Gasteiger charge is -2.36. The van der Waals surface area contributed by atoms with E-state index in [0.29, 0.717) is 13.2 Å². The van der Waals surface area contributed by atoms with Gasteiger partial charge in [-0.1, -0.05) is 80.4 Å². The monoisotopic (exact) mass is 398 g/mol. The molecule has 0 aromatic heterocycles. The Labute approximate surface area is 168 Å². The summed E-state index contributed by atoms with van der Waals surface area (Å²) in [6, 6.07) is 22.6. The predicted octanol–water partition coefficient (Wildman–Crippen LogP) is 2.74. The third-order valence-electron chi connectivity index (χ3n) is 5.98. The molecule has 2 heterocycles. The lowest BCUT2D eigenvalue weighted by molar-refractivity contribution is -0.0144. The van der Waals surface area contributed by atoms with Crippen molar-refractivity contribution in [2.75, 3.05) is 20.3 Å². The molecule has 0 unspecified atom stereocenters. The number of unbranched alkanes of at least 4 members (excludes halogenated alkanes) is 1. The van der Waals surface area contributed by atoms with Crippen LogP contribution in [0.15, 0.2) is 60.7 Å². The van der Waals surface area contributed by atoms with Gasteiger partial charge in [-0.15, -0.1) is 0 Å². The van der Waals surface area contributed by atoms with Crippen molar-refractivity contribution in [3.8, 4) is 0 Å². The standard InChI is InChI=1S/C23H30O4Si/c1-3-4-15-28(18-11-7-5-8-12-18,19-13-9-6-10-14-19)27-21-17-26-22-20(24-2)16-25-23(21)22/h5-14,20-23H,3-4,15-17H2,1-2H3/t20-,21-,22-,23-/m1/s1. The highest BCUT2D eigenvalue weighted by Gasteiger charge is 2.52. The van der Waals surface area contributed by atoms with Gasteiger partial charge in [0.15, 0.2) is 0 Å². The zero-order chi connectivity index (χ0) is 19.4. The minimum Gasteiger partial charge on any atom is -0.400 e. The molecule has 5 heteroatoms. The van der Waals surface area contributed by atoms with Gasteiger partial charge in [0, 0.05) is 7.11 Å². The first-order valence-electron chi connectivity index (χ1n) is 10.3. The van der Waals surface area contributed by atoms with Crippen molar-refractivity contribution >= 4 is 18.7 Å². The maximum atomic E-state index is 7.11. The zero-order valence-corrected chi connectivity index (χ0v) is 17.8. The van der Waals surface area contributed by atoms with E-state index in [2.05, 4.69) is 67.6 Å². The molecule has 4 nitrogen and oxygen atoms in total. The van der Waals surface area contributed by atoms with Gasteiger partial charge in [-0.25, -0.2) is 0 Å². The van der Waals surface area contributed by atoms with Gasteiger partial charge in [0.05, 0.1) is 19.3 Å². The quantitative estimate of drug-likeness (QED) is 0.641.